The number of hydrogen-bond acceptors (Lipinski definition) is 9. The first kappa shape index (κ1) is 22.4. The van der Waals surface area contributed by atoms with E-state index in [1.54, 1.807) is 6.07 Å². The van der Waals surface area contributed by atoms with Crippen molar-refractivity contribution in [3.63, 3.8) is 0 Å². The maximum Gasteiger partial charge on any atom is 0.547 e. The molecule has 3 rings (SSSR count). The minimum Gasteiger partial charge on any atom is -0.534 e. The van der Waals surface area contributed by atoms with E-state index in [1.807, 2.05) is 0 Å². The molecule has 1 aliphatic rings. The number of carbonyl (C=O) groups is 2. The summed E-state index contributed by atoms with van der Waals surface area (Å²) in [5, 5.41) is 26.4. The summed E-state index contributed by atoms with van der Waals surface area (Å²) >= 11 is 0.929. The number of nitrogen functional groups attached to an aromatic ring is 1. The van der Waals surface area contributed by atoms with E-state index in [4.69, 9.17) is 10.4 Å². The SMILES string of the molecule is Nc1nc(C(=NOCC(F)(F)F)C(=O)NC2Cc3cccc(C(=O)O)c3OB2O)cs1. The highest BCUT2D eigenvalue weighted by Gasteiger charge is 2.39. The summed E-state index contributed by atoms with van der Waals surface area (Å²) < 4.78 is 42.3. The lowest BCUT2D eigenvalue weighted by Crippen LogP contribution is -2.54. The second-order valence-electron chi connectivity index (χ2n) is 6.29. The summed E-state index contributed by atoms with van der Waals surface area (Å²) in [5.41, 5.74) is 5.03. The van der Waals surface area contributed by atoms with Crippen LogP contribution in [0.4, 0.5) is 18.3 Å². The standard InChI is InChI=1S/C16H14BF3N4O6S/c18-16(19,20)6-29-24-11(9-5-31-15(21)22-9)13(25)23-10-4-7-2-1-3-8(14(26)27)12(7)30-17(10)28/h1-3,5,10,28H,4,6H2,(H2,21,22)(H,23,25)(H,26,27). The third-order valence-corrected chi connectivity index (χ3v) is 4.70. The molecular formula is C16H14BF3N4O6S. The number of nitrogens with zero attached hydrogens (tertiary/aromatic N) is 2. The number of nitrogens with two attached hydrogens (primary N) is 1. The van der Waals surface area contributed by atoms with Crippen LogP contribution in [0.1, 0.15) is 21.6 Å². The number of aromatic carboxylic acids is 1. The van der Waals surface area contributed by atoms with Crippen molar-refractivity contribution in [2.75, 3.05) is 12.3 Å². The number of nitrogens with one attached hydrogen (secondary N) is 1. The Labute approximate surface area is 176 Å². The van der Waals surface area contributed by atoms with Gasteiger partial charge in [-0.25, -0.2) is 9.78 Å². The zero-order valence-corrected chi connectivity index (χ0v) is 16.2. The van der Waals surface area contributed by atoms with Crippen LogP contribution in [-0.4, -0.2) is 58.5 Å². The average Bonchev–Trinajstić information content (AvgIpc) is 3.10. The first-order valence-electron chi connectivity index (χ1n) is 8.54. The van der Waals surface area contributed by atoms with Crippen molar-refractivity contribution in [1.29, 1.82) is 0 Å². The number of carboxylic acid groups (broad SMARTS) is 1. The number of alkyl halides is 3. The number of hydrogen-bond donors (Lipinski definition) is 4. The molecule has 0 saturated heterocycles. The Morgan fingerprint density at radius 3 is 2.81 bits per heavy atom. The Hall–Kier alpha value is -3.33. The second kappa shape index (κ2) is 8.81. The first-order valence-corrected chi connectivity index (χ1v) is 9.42. The molecule has 0 fully saturated rings. The van der Waals surface area contributed by atoms with Crippen molar-refractivity contribution < 1.29 is 42.4 Å². The quantitative estimate of drug-likeness (QED) is 0.282. The molecule has 5 N–H and O–H groups in total. The third kappa shape index (κ3) is 5.43. The number of aromatic nitrogens is 1. The zero-order chi connectivity index (χ0) is 22.8. The monoisotopic (exact) mass is 458 g/mol. The molecule has 0 radical (unpaired) electrons. The minimum absolute atomic E-state index is 0.0146. The molecule has 0 saturated carbocycles. The van der Waals surface area contributed by atoms with Gasteiger partial charge in [0.25, 0.3) is 5.91 Å². The Morgan fingerprint density at radius 1 is 1.45 bits per heavy atom. The van der Waals surface area contributed by atoms with Crippen LogP contribution in [0.2, 0.25) is 0 Å². The fourth-order valence-electron chi connectivity index (χ4n) is 2.72. The largest absolute Gasteiger partial charge is 0.547 e. The number of benzene rings is 1. The Balaban J connectivity index is 1.80. The van der Waals surface area contributed by atoms with Crippen LogP contribution in [0.5, 0.6) is 5.75 Å². The van der Waals surface area contributed by atoms with Crippen molar-refractivity contribution >= 4 is 41.2 Å². The van der Waals surface area contributed by atoms with Crippen LogP contribution < -0.4 is 15.7 Å². The fourth-order valence-corrected chi connectivity index (χ4v) is 3.27. The molecule has 0 aliphatic carbocycles. The van der Waals surface area contributed by atoms with Gasteiger partial charge in [0, 0.05) is 5.38 Å². The molecule has 1 amide bonds. The van der Waals surface area contributed by atoms with Gasteiger partial charge in [0.2, 0.25) is 6.61 Å². The number of halogens is 3. The van der Waals surface area contributed by atoms with Gasteiger partial charge >= 0.3 is 19.3 Å². The average molecular weight is 458 g/mol. The number of carboxylic acids is 1. The summed E-state index contributed by atoms with van der Waals surface area (Å²) in [6.07, 6.45) is -4.69. The smallest absolute Gasteiger partial charge is 0.534 e. The van der Waals surface area contributed by atoms with E-state index in [2.05, 4.69) is 20.3 Å². The minimum atomic E-state index is -4.68. The Bertz CT molecular complexity index is 1030. The summed E-state index contributed by atoms with van der Waals surface area (Å²) in [6, 6.07) is 4.32. The number of anilines is 1. The Kier molecular flexibility index (Phi) is 6.36. The van der Waals surface area contributed by atoms with E-state index in [-0.39, 0.29) is 28.6 Å². The molecule has 0 spiro atoms. The van der Waals surface area contributed by atoms with Crippen molar-refractivity contribution in [2.24, 2.45) is 5.16 Å². The van der Waals surface area contributed by atoms with Gasteiger partial charge in [-0.2, -0.15) is 13.2 Å². The molecule has 0 bridgehead atoms. The predicted molar refractivity (Wildman–Crippen MR) is 103 cm³/mol. The van der Waals surface area contributed by atoms with Crippen molar-refractivity contribution in [3.05, 3.63) is 40.4 Å². The third-order valence-electron chi connectivity index (χ3n) is 4.03. The highest BCUT2D eigenvalue weighted by atomic mass is 32.1. The van der Waals surface area contributed by atoms with Crippen LogP contribution >= 0.6 is 11.3 Å². The lowest BCUT2D eigenvalue weighted by Gasteiger charge is -2.28. The molecule has 1 aliphatic heterocycles. The Morgan fingerprint density at radius 2 is 2.19 bits per heavy atom. The molecule has 31 heavy (non-hydrogen) atoms. The first-order chi connectivity index (χ1) is 14.5. The molecule has 1 unspecified atom stereocenters. The number of oxime groups is 1. The topological polar surface area (TPSA) is 156 Å². The zero-order valence-electron chi connectivity index (χ0n) is 15.4. The van der Waals surface area contributed by atoms with Gasteiger partial charge in [0.1, 0.15) is 11.4 Å². The molecule has 15 heteroatoms. The van der Waals surface area contributed by atoms with Crippen LogP contribution in [0.15, 0.2) is 28.7 Å². The predicted octanol–water partition coefficient (Wildman–Crippen LogP) is 0.846. The summed E-state index contributed by atoms with van der Waals surface area (Å²) in [6.45, 7) is -1.73. The summed E-state index contributed by atoms with van der Waals surface area (Å²) in [4.78, 5) is 32.0. The lowest BCUT2D eigenvalue weighted by molar-refractivity contribution is -0.174. The van der Waals surface area contributed by atoms with E-state index in [9.17, 15) is 32.9 Å². The molecule has 1 aromatic carbocycles. The maximum absolute atomic E-state index is 12.7. The van der Waals surface area contributed by atoms with Crippen molar-refractivity contribution in [3.8, 4) is 5.75 Å². The van der Waals surface area contributed by atoms with Crippen LogP contribution in [0.25, 0.3) is 0 Å². The van der Waals surface area contributed by atoms with Crippen LogP contribution in [-0.2, 0) is 16.1 Å². The molecule has 2 heterocycles. The van der Waals surface area contributed by atoms with Gasteiger partial charge in [-0.3, -0.25) is 4.79 Å². The van der Waals surface area contributed by atoms with E-state index >= 15 is 0 Å². The van der Waals surface area contributed by atoms with Gasteiger partial charge in [0.05, 0.1) is 11.5 Å². The number of rotatable bonds is 6. The van der Waals surface area contributed by atoms with Crippen molar-refractivity contribution in [1.82, 2.24) is 10.3 Å². The van der Waals surface area contributed by atoms with E-state index < -0.39 is 43.4 Å². The number of para-hydroxylation sites is 1. The van der Waals surface area contributed by atoms with Gasteiger partial charge in [-0.1, -0.05) is 17.3 Å². The van der Waals surface area contributed by atoms with E-state index in [0.717, 1.165) is 11.3 Å². The molecule has 10 nitrogen and oxygen atoms in total. The van der Waals surface area contributed by atoms with Gasteiger partial charge in [-0.05, 0) is 18.1 Å². The van der Waals surface area contributed by atoms with Gasteiger partial charge in [0.15, 0.2) is 10.8 Å². The van der Waals surface area contributed by atoms with Crippen LogP contribution in [0.3, 0.4) is 0 Å². The normalized spacial score (nSPS) is 16.3. The van der Waals surface area contributed by atoms with Gasteiger partial charge < -0.3 is 30.7 Å². The fraction of sp³-hybridized carbons (Fsp3) is 0.250. The molecule has 1 atom stereocenters. The van der Waals surface area contributed by atoms with Gasteiger partial charge in [-0.15, -0.1) is 11.3 Å². The second-order valence-corrected chi connectivity index (χ2v) is 7.18. The van der Waals surface area contributed by atoms with E-state index in [0.29, 0.717) is 5.56 Å². The maximum atomic E-state index is 12.7. The summed E-state index contributed by atoms with van der Waals surface area (Å²) in [7, 11) is -1.63. The number of carbonyl (C=O) groups excluding carboxylic acids is 1. The molecular weight excluding hydrogens is 444 g/mol. The molecule has 1 aromatic heterocycles. The number of amides is 1. The molecule has 2 aromatic rings. The summed E-state index contributed by atoms with van der Waals surface area (Å²) in [5.74, 6) is -3.36. The lowest BCUT2D eigenvalue weighted by atomic mass is 9.72. The molecule has 164 valence electrons. The number of fused-ring (bicyclic) bond motifs is 1. The highest BCUT2D eigenvalue weighted by molar-refractivity contribution is 7.13. The number of thiazole rings is 1. The van der Waals surface area contributed by atoms with Crippen LogP contribution in [0, 0.1) is 0 Å². The van der Waals surface area contributed by atoms with Crippen molar-refractivity contribution in [2.45, 2.75) is 18.5 Å². The highest BCUT2D eigenvalue weighted by Crippen LogP contribution is 2.30. The van der Waals surface area contributed by atoms with E-state index in [1.165, 1.54) is 17.5 Å².